The predicted molar refractivity (Wildman–Crippen MR) is 51.1 cm³/mol. The molecule has 0 saturated carbocycles. The zero-order valence-corrected chi connectivity index (χ0v) is 8.45. The first kappa shape index (κ1) is 10.7. The second-order valence-corrected chi connectivity index (χ2v) is 3.21. The highest BCUT2D eigenvalue weighted by atomic mass is 16.6. The van der Waals surface area contributed by atoms with Crippen LogP contribution in [0.2, 0.25) is 0 Å². The molecule has 0 atom stereocenters. The molecule has 1 aromatic rings. The highest BCUT2D eigenvalue weighted by molar-refractivity contribution is 5.21. The van der Waals surface area contributed by atoms with E-state index in [1.807, 2.05) is 0 Å². The van der Waals surface area contributed by atoms with Crippen LogP contribution in [0.1, 0.15) is 37.8 Å². The number of aromatic nitrogens is 1. The third-order valence-electron chi connectivity index (χ3n) is 1.98. The summed E-state index contributed by atoms with van der Waals surface area (Å²) < 4.78 is 5.01. The van der Waals surface area contributed by atoms with Crippen molar-refractivity contribution < 1.29 is 9.34 Å². The SMILES string of the molecule is CCCCCc1nc(C)c([N+](=O)[O-])o1. The molecule has 1 aromatic heterocycles. The number of unbranched alkanes of at least 4 members (excludes halogenated alkanes) is 2. The van der Waals surface area contributed by atoms with Gasteiger partial charge in [-0.15, -0.1) is 0 Å². The smallest absolute Gasteiger partial charge is 0.385 e. The summed E-state index contributed by atoms with van der Waals surface area (Å²) in [4.78, 5) is 13.9. The number of nitrogens with zero attached hydrogens (tertiary/aromatic N) is 2. The minimum atomic E-state index is -0.536. The molecule has 0 amide bonds. The maximum Gasteiger partial charge on any atom is 0.456 e. The van der Waals surface area contributed by atoms with Crippen molar-refractivity contribution in [3.05, 3.63) is 21.7 Å². The molecule has 0 aliphatic rings. The number of nitro groups is 1. The third-order valence-corrected chi connectivity index (χ3v) is 1.98. The molecular formula is C9H14N2O3. The Balaban J connectivity index is 2.62. The molecule has 0 radical (unpaired) electrons. The average Bonchev–Trinajstić information content (AvgIpc) is 2.47. The summed E-state index contributed by atoms with van der Waals surface area (Å²) in [6.07, 6.45) is 3.85. The first-order chi connectivity index (χ1) is 6.65. The van der Waals surface area contributed by atoms with Gasteiger partial charge in [-0.05, 0) is 13.3 Å². The van der Waals surface area contributed by atoms with Gasteiger partial charge in [0.1, 0.15) is 4.92 Å². The number of rotatable bonds is 5. The van der Waals surface area contributed by atoms with E-state index in [2.05, 4.69) is 11.9 Å². The second kappa shape index (κ2) is 4.74. The Labute approximate surface area is 82.3 Å². The first-order valence-corrected chi connectivity index (χ1v) is 4.75. The van der Waals surface area contributed by atoms with Crippen LogP contribution in [0.15, 0.2) is 4.42 Å². The topological polar surface area (TPSA) is 69.2 Å². The highest BCUT2D eigenvalue weighted by Crippen LogP contribution is 2.19. The lowest BCUT2D eigenvalue weighted by Gasteiger charge is -1.91. The minimum absolute atomic E-state index is 0.225. The third kappa shape index (κ3) is 2.55. The van der Waals surface area contributed by atoms with Crippen molar-refractivity contribution >= 4 is 5.88 Å². The molecule has 0 fully saturated rings. The molecule has 0 aliphatic heterocycles. The van der Waals surface area contributed by atoms with Gasteiger partial charge in [-0.2, -0.15) is 0 Å². The molecule has 0 saturated heterocycles. The number of hydrogen-bond acceptors (Lipinski definition) is 4. The Morgan fingerprint density at radius 2 is 2.21 bits per heavy atom. The standard InChI is InChI=1S/C9H14N2O3/c1-3-4-5-6-8-10-7(2)9(14-8)11(12)13/h3-6H2,1-2H3. The van der Waals surface area contributed by atoms with Crippen LogP contribution in [-0.2, 0) is 6.42 Å². The van der Waals surface area contributed by atoms with Crippen molar-refractivity contribution in [2.24, 2.45) is 0 Å². The van der Waals surface area contributed by atoms with Crippen LogP contribution in [0.3, 0.4) is 0 Å². The summed E-state index contributed by atoms with van der Waals surface area (Å²) in [6.45, 7) is 3.69. The molecule has 0 aliphatic carbocycles. The van der Waals surface area contributed by atoms with E-state index in [0.717, 1.165) is 19.3 Å². The largest absolute Gasteiger partial charge is 0.456 e. The van der Waals surface area contributed by atoms with Gasteiger partial charge in [0.15, 0.2) is 5.69 Å². The fraction of sp³-hybridized carbons (Fsp3) is 0.667. The van der Waals surface area contributed by atoms with Crippen molar-refractivity contribution in [1.82, 2.24) is 4.98 Å². The molecule has 14 heavy (non-hydrogen) atoms. The van der Waals surface area contributed by atoms with Crippen LogP contribution >= 0.6 is 0 Å². The van der Waals surface area contributed by atoms with E-state index in [1.165, 1.54) is 0 Å². The van der Waals surface area contributed by atoms with Crippen molar-refractivity contribution in [3.63, 3.8) is 0 Å². The molecule has 1 heterocycles. The summed E-state index contributed by atoms with van der Waals surface area (Å²) >= 11 is 0. The summed E-state index contributed by atoms with van der Waals surface area (Å²) in [5.74, 6) is 0.249. The quantitative estimate of drug-likeness (QED) is 0.414. The monoisotopic (exact) mass is 198 g/mol. The molecule has 78 valence electrons. The minimum Gasteiger partial charge on any atom is -0.385 e. The van der Waals surface area contributed by atoms with Crippen molar-refractivity contribution in [1.29, 1.82) is 0 Å². The van der Waals surface area contributed by atoms with Gasteiger partial charge in [-0.3, -0.25) is 10.1 Å². The fourth-order valence-corrected chi connectivity index (χ4v) is 1.25. The molecule has 0 spiro atoms. The van der Waals surface area contributed by atoms with Gasteiger partial charge in [-0.25, -0.2) is 4.98 Å². The molecule has 5 nitrogen and oxygen atoms in total. The van der Waals surface area contributed by atoms with Gasteiger partial charge >= 0.3 is 5.88 Å². The molecule has 0 bridgehead atoms. The molecule has 0 unspecified atom stereocenters. The molecule has 0 N–H and O–H groups in total. The van der Waals surface area contributed by atoms with Crippen molar-refractivity contribution in [2.45, 2.75) is 39.5 Å². The van der Waals surface area contributed by atoms with E-state index in [4.69, 9.17) is 4.42 Å². The van der Waals surface area contributed by atoms with Crippen LogP contribution in [0.4, 0.5) is 5.88 Å². The Kier molecular flexibility index (Phi) is 3.62. The van der Waals surface area contributed by atoms with Crippen LogP contribution in [0.25, 0.3) is 0 Å². The zero-order chi connectivity index (χ0) is 10.6. The van der Waals surface area contributed by atoms with Crippen LogP contribution in [0.5, 0.6) is 0 Å². The van der Waals surface area contributed by atoms with E-state index in [1.54, 1.807) is 6.92 Å². The molecule has 0 aromatic carbocycles. The first-order valence-electron chi connectivity index (χ1n) is 4.75. The van der Waals surface area contributed by atoms with Gasteiger partial charge < -0.3 is 4.42 Å². The lowest BCUT2D eigenvalue weighted by atomic mass is 10.2. The maximum atomic E-state index is 10.4. The van der Waals surface area contributed by atoms with Crippen molar-refractivity contribution in [2.75, 3.05) is 0 Å². The average molecular weight is 198 g/mol. The molecule has 5 heteroatoms. The van der Waals surface area contributed by atoms with E-state index in [0.29, 0.717) is 18.0 Å². The summed E-state index contributed by atoms with van der Waals surface area (Å²) in [6, 6.07) is 0. The van der Waals surface area contributed by atoms with E-state index in [-0.39, 0.29) is 5.88 Å². The summed E-state index contributed by atoms with van der Waals surface area (Å²) in [5, 5.41) is 10.4. The number of aryl methyl sites for hydroxylation is 2. The summed E-state index contributed by atoms with van der Waals surface area (Å²) in [7, 11) is 0. The van der Waals surface area contributed by atoms with Crippen LogP contribution in [0, 0.1) is 17.0 Å². The lowest BCUT2D eigenvalue weighted by molar-refractivity contribution is -0.403. The Morgan fingerprint density at radius 1 is 1.50 bits per heavy atom. The second-order valence-electron chi connectivity index (χ2n) is 3.21. The Hall–Kier alpha value is -1.39. The van der Waals surface area contributed by atoms with E-state index in [9.17, 15) is 10.1 Å². The number of oxazole rings is 1. The highest BCUT2D eigenvalue weighted by Gasteiger charge is 2.19. The van der Waals surface area contributed by atoms with Crippen molar-refractivity contribution in [3.8, 4) is 0 Å². The predicted octanol–water partition coefficient (Wildman–Crippen LogP) is 2.62. The van der Waals surface area contributed by atoms with Gasteiger partial charge in [-0.1, -0.05) is 19.8 Å². The van der Waals surface area contributed by atoms with Gasteiger partial charge in [0, 0.05) is 6.42 Å². The molecular weight excluding hydrogens is 184 g/mol. The summed E-state index contributed by atoms with van der Waals surface area (Å²) in [5.41, 5.74) is 0.362. The van der Waals surface area contributed by atoms with Crippen LogP contribution in [-0.4, -0.2) is 9.91 Å². The normalized spacial score (nSPS) is 10.4. The maximum absolute atomic E-state index is 10.4. The van der Waals surface area contributed by atoms with E-state index < -0.39 is 4.92 Å². The molecule has 1 rings (SSSR count). The van der Waals surface area contributed by atoms with Gasteiger partial charge in [0.25, 0.3) is 0 Å². The Morgan fingerprint density at radius 3 is 2.71 bits per heavy atom. The zero-order valence-electron chi connectivity index (χ0n) is 8.45. The van der Waals surface area contributed by atoms with Gasteiger partial charge in [0.05, 0.1) is 0 Å². The Bertz CT molecular complexity index is 320. The van der Waals surface area contributed by atoms with E-state index >= 15 is 0 Å². The van der Waals surface area contributed by atoms with Crippen LogP contribution < -0.4 is 0 Å². The fourth-order valence-electron chi connectivity index (χ4n) is 1.25. The number of hydrogen-bond donors (Lipinski definition) is 0. The lowest BCUT2D eigenvalue weighted by Crippen LogP contribution is -1.86. The van der Waals surface area contributed by atoms with Gasteiger partial charge in [0.2, 0.25) is 5.89 Å².